The highest BCUT2D eigenvalue weighted by Gasteiger charge is 2.36. The third-order valence-electron chi connectivity index (χ3n) is 6.07. The van der Waals surface area contributed by atoms with Crippen LogP contribution in [-0.2, 0) is 4.79 Å². The average Bonchev–Trinajstić information content (AvgIpc) is 3.54. The first-order valence-corrected chi connectivity index (χ1v) is 10.8. The minimum absolute atomic E-state index is 0.225. The van der Waals surface area contributed by atoms with Gasteiger partial charge >= 0.3 is 5.97 Å². The molecule has 0 aromatic heterocycles. The largest absolute Gasteiger partial charge is 0.507 e. The maximum absolute atomic E-state index is 13.7. The van der Waals surface area contributed by atoms with Gasteiger partial charge in [-0.25, -0.2) is 4.79 Å². The Morgan fingerprint density at radius 3 is 2.56 bits per heavy atom. The molecular formula is C26H20ClNO4. The number of anilines is 2. The molecule has 5 rings (SSSR count). The predicted molar refractivity (Wildman–Crippen MR) is 125 cm³/mol. The number of rotatable bonds is 4. The second-order valence-corrected chi connectivity index (χ2v) is 8.60. The molecular weight excluding hydrogens is 426 g/mol. The Labute approximate surface area is 190 Å². The van der Waals surface area contributed by atoms with E-state index < -0.39 is 11.7 Å². The minimum Gasteiger partial charge on any atom is -0.507 e. The van der Waals surface area contributed by atoms with Gasteiger partial charge in [0.15, 0.2) is 0 Å². The Morgan fingerprint density at radius 2 is 1.88 bits per heavy atom. The van der Waals surface area contributed by atoms with E-state index in [9.17, 15) is 19.8 Å². The number of nitrogens with zero attached hydrogens (tertiary/aromatic N) is 1. The van der Waals surface area contributed by atoms with Crippen molar-refractivity contribution in [3.8, 4) is 5.75 Å². The summed E-state index contributed by atoms with van der Waals surface area (Å²) in [4.78, 5) is 26.4. The lowest BCUT2D eigenvalue weighted by Crippen LogP contribution is -2.20. The van der Waals surface area contributed by atoms with E-state index in [-0.39, 0.29) is 11.5 Å². The molecule has 1 saturated carbocycles. The lowest BCUT2D eigenvalue weighted by Gasteiger charge is -2.18. The van der Waals surface area contributed by atoms with E-state index in [1.807, 2.05) is 25.1 Å². The number of fused-ring (bicyclic) bond motifs is 1. The summed E-state index contributed by atoms with van der Waals surface area (Å²) in [6.45, 7) is 2.03. The molecule has 1 fully saturated rings. The minimum atomic E-state index is -1.24. The number of hydrogen-bond donors (Lipinski definition) is 2. The Bertz CT molecular complexity index is 1320. The monoisotopic (exact) mass is 445 g/mol. The number of phenols is 1. The summed E-state index contributed by atoms with van der Waals surface area (Å²) in [7, 11) is 0. The lowest BCUT2D eigenvalue weighted by molar-refractivity contribution is -0.112. The third-order valence-corrected chi connectivity index (χ3v) is 6.38. The molecule has 1 aliphatic carbocycles. The Kier molecular flexibility index (Phi) is 4.79. The molecule has 3 aromatic rings. The number of carboxylic acids is 1. The van der Waals surface area contributed by atoms with Gasteiger partial charge in [0.25, 0.3) is 5.91 Å². The summed E-state index contributed by atoms with van der Waals surface area (Å²) in [5, 5.41) is 19.9. The Morgan fingerprint density at radius 1 is 1.12 bits per heavy atom. The molecule has 6 heteroatoms. The van der Waals surface area contributed by atoms with Crippen molar-refractivity contribution in [1.29, 1.82) is 0 Å². The summed E-state index contributed by atoms with van der Waals surface area (Å²) < 4.78 is 0. The van der Waals surface area contributed by atoms with E-state index in [0.29, 0.717) is 33.5 Å². The van der Waals surface area contributed by atoms with Gasteiger partial charge in [-0.15, -0.1) is 0 Å². The molecule has 32 heavy (non-hydrogen) atoms. The van der Waals surface area contributed by atoms with E-state index in [1.54, 1.807) is 18.2 Å². The highest BCUT2D eigenvalue weighted by atomic mass is 35.5. The average molecular weight is 446 g/mol. The van der Waals surface area contributed by atoms with Crippen LogP contribution in [0.15, 0.2) is 54.6 Å². The van der Waals surface area contributed by atoms with Crippen molar-refractivity contribution in [2.24, 2.45) is 0 Å². The topological polar surface area (TPSA) is 77.8 Å². The number of aromatic hydroxyl groups is 1. The van der Waals surface area contributed by atoms with E-state index >= 15 is 0 Å². The number of aromatic carboxylic acids is 1. The fraction of sp³-hybridized carbons (Fsp3) is 0.154. The molecule has 160 valence electrons. The van der Waals surface area contributed by atoms with Crippen molar-refractivity contribution < 1.29 is 19.8 Å². The Hall–Kier alpha value is -3.57. The van der Waals surface area contributed by atoms with E-state index in [2.05, 4.69) is 6.07 Å². The maximum Gasteiger partial charge on any atom is 0.339 e. The van der Waals surface area contributed by atoms with Gasteiger partial charge in [0, 0.05) is 11.6 Å². The van der Waals surface area contributed by atoms with Crippen LogP contribution in [-0.4, -0.2) is 22.1 Å². The molecule has 5 nitrogen and oxygen atoms in total. The van der Waals surface area contributed by atoms with Crippen LogP contribution in [0.1, 0.15) is 51.4 Å². The van der Waals surface area contributed by atoms with Crippen molar-refractivity contribution in [2.45, 2.75) is 25.7 Å². The highest BCUT2D eigenvalue weighted by Crippen LogP contribution is 2.48. The summed E-state index contributed by atoms with van der Waals surface area (Å²) in [5.41, 5.74) is 5.21. The second-order valence-electron chi connectivity index (χ2n) is 8.19. The van der Waals surface area contributed by atoms with Crippen LogP contribution >= 0.6 is 11.6 Å². The smallest absolute Gasteiger partial charge is 0.339 e. The number of aryl methyl sites for hydroxylation is 1. The van der Waals surface area contributed by atoms with Crippen molar-refractivity contribution >= 4 is 46.5 Å². The van der Waals surface area contributed by atoms with Gasteiger partial charge in [-0.05, 0) is 72.7 Å². The van der Waals surface area contributed by atoms with Gasteiger partial charge in [0.05, 0.1) is 22.0 Å². The van der Waals surface area contributed by atoms with Gasteiger partial charge in [-0.2, -0.15) is 0 Å². The molecule has 1 heterocycles. The zero-order valence-corrected chi connectivity index (χ0v) is 18.1. The predicted octanol–water partition coefficient (Wildman–Crippen LogP) is 6.15. The summed E-state index contributed by atoms with van der Waals surface area (Å²) in [6, 6.07) is 15.6. The fourth-order valence-corrected chi connectivity index (χ4v) is 4.60. The number of benzene rings is 3. The van der Waals surface area contributed by atoms with Gasteiger partial charge in [-0.3, -0.25) is 9.69 Å². The molecule has 2 N–H and O–H groups in total. The molecule has 0 spiro atoms. The maximum atomic E-state index is 13.7. The first kappa shape index (κ1) is 20.3. The quantitative estimate of drug-likeness (QED) is 0.472. The number of carbonyl (C=O) groups excluding carboxylic acids is 1. The first-order valence-electron chi connectivity index (χ1n) is 10.4. The number of carbonyl (C=O) groups is 2. The van der Waals surface area contributed by atoms with Crippen molar-refractivity contribution in [2.75, 3.05) is 4.90 Å². The van der Waals surface area contributed by atoms with Gasteiger partial charge in [-0.1, -0.05) is 35.9 Å². The van der Waals surface area contributed by atoms with Crippen LogP contribution in [0.25, 0.3) is 11.6 Å². The number of hydrogen-bond acceptors (Lipinski definition) is 3. The molecule has 0 radical (unpaired) electrons. The number of carboxylic acid groups (broad SMARTS) is 1. The van der Waals surface area contributed by atoms with Crippen LogP contribution in [0.2, 0.25) is 5.02 Å². The summed E-state index contributed by atoms with van der Waals surface area (Å²) in [6.07, 6.45) is 4.21. The summed E-state index contributed by atoms with van der Waals surface area (Å²) >= 11 is 6.55. The standard InChI is InChI=1S/C26H20ClNO4/c1-14-4-2-5-17(15-8-9-15)19(14)13-20-24-21(27)6-3-7-22(24)28(25(20)30)16-10-11-18(26(31)32)23(29)12-16/h2-7,10-13,15,29H,8-9H2,1H3,(H,31,32)/b20-13-. The molecule has 2 aliphatic rings. The second kappa shape index (κ2) is 7.53. The van der Waals surface area contributed by atoms with Gasteiger partial charge < -0.3 is 10.2 Å². The number of amides is 1. The first-order chi connectivity index (χ1) is 15.4. The molecule has 1 amide bonds. The van der Waals surface area contributed by atoms with Crippen molar-refractivity contribution in [3.63, 3.8) is 0 Å². The van der Waals surface area contributed by atoms with Crippen LogP contribution in [0.3, 0.4) is 0 Å². The van der Waals surface area contributed by atoms with Crippen LogP contribution in [0.4, 0.5) is 11.4 Å². The lowest BCUT2D eigenvalue weighted by atomic mass is 9.95. The zero-order valence-electron chi connectivity index (χ0n) is 17.3. The number of halogens is 1. The highest BCUT2D eigenvalue weighted by molar-refractivity contribution is 6.43. The third kappa shape index (κ3) is 3.26. The molecule has 3 aromatic carbocycles. The normalized spacial score (nSPS) is 16.5. The summed E-state index contributed by atoms with van der Waals surface area (Å²) in [5.74, 6) is -1.40. The molecule has 0 atom stereocenters. The van der Waals surface area contributed by atoms with E-state index in [0.717, 1.165) is 24.0 Å². The van der Waals surface area contributed by atoms with Crippen molar-refractivity contribution in [1.82, 2.24) is 0 Å². The van der Waals surface area contributed by atoms with Crippen LogP contribution < -0.4 is 4.90 Å². The van der Waals surface area contributed by atoms with Crippen LogP contribution in [0, 0.1) is 6.92 Å². The molecule has 0 bridgehead atoms. The van der Waals surface area contributed by atoms with Gasteiger partial charge in [0.1, 0.15) is 11.3 Å². The van der Waals surface area contributed by atoms with Crippen molar-refractivity contribution in [3.05, 3.63) is 87.4 Å². The van der Waals surface area contributed by atoms with Crippen LogP contribution in [0.5, 0.6) is 5.75 Å². The fourth-order valence-electron chi connectivity index (χ4n) is 4.33. The van der Waals surface area contributed by atoms with E-state index in [1.165, 1.54) is 28.7 Å². The van der Waals surface area contributed by atoms with E-state index in [4.69, 9.17) is 11.6 Å². The Balaban J connectivity index is 1.68. The molecule has 0 unspecified atom stereocenters. The van der Waals surface area contributed by atoms with Gasteiger partial charge in [0.2, 0.25) is 0 Å². The zero-order chi connectivity index (χ0) is 22.6. The molecule has 0 saturated heterocycles. The molecule has 1 aliphatic heterocycles. The SMILES string of the molecule is Cc1cccc(C2CC2)c1/C=C1\C(=O)N(c2ccc(C(=O)O)c(O)c2)c2cccc(Cl)c21.